The fraction of sp³-hybridized carbons (Fsp3) is 0.667. The van der Waals surface area contributed by atoms with Gasteiger partial charge in [-0.3, -0.25) is 0 Å². The van der Waals surface area contributed by atoms with Crippen LogP contribution in [0.25, 0.3) is 0 Å². The number of carbonyl (C=O) groups excluding carboxylic acids is 2. The second-order valence-corrected chi connectivity index (χ2v) is 4.93. The molecule has 0 radical (unpaired) electrons. The number of cyclic esters (lactones) is 1. The summed E-state index contributed by atoms with van der Waals surface area (Å²) in [6.07, 6.45) is -11.2. The van der Waals surface area contributed by atoms with Gasteiger partial charge in [-0.25, -0.2) is 9.59 Å². The molecule has 1 fully saturated rings. The predicted molar refractivity (Wildman–Crippen MR) is 70.2 cm³/mol. The molecule has 1 saturated heterocycles. The van der Waals surface area contributed by atoms with Crippen LogP contribution in [0.3, 0.4) is 0 Å². The Hall–Kier alpha value is -1.96. The highest BCUT2D eigenvalue weighted by Crippen LogP contribution is 2.18. The third-order valence-electron chi connectivity index (χ3n) is 3.21. The van der Waals surface area contributed by atoms with Gasteiger partial charge in [0.2, 0.25) is 5.76 Å². The van der Waals surface area contributed by atoms with Crippen LogP contribution < -0.4 is 0 Å². The van der Waals surface area contributed by atoms with E-state index in [0.717, 1.165) is 0 Å². The molecule has 0 aromatic heterocycles. The molecule has 0 aromatic carbocycles. The summed E-state index contributed by atoms with van der Waals surface area (Å²) in [5, 5.41) is 73.9. The zero-order chi connectivity index (χ0) is 18.6. The molecular weight excluding hydrogens is 336 g/mol. The first-order chi connectivity index (χ1) is 11.1. The summed E-state index contributed by atoms with van der Waals surface area (Å²) in [5.41, 5.74) is 0. The standard InChI is InChI=1S/C12H18O12/c13-1-3(14)5(15)7(17)9(19)11(21)23-2-4-6(16)8(18)10(20)12(22)24-4/h3-6,8,10,13-20H,1-2H2/b9-7-/t3-,4+,5+,6+,8-,10+/m0/s1. The molecule has 1 rings (SSSR count). The van der Waals surface area contributed by atoms with Gasteiger partial charge >= 0.3 is 11.9 Å². The van der Waals surface area contributed by atoms with Crippen LogP contribution in [0.4, 0.5) is 0 Å². The van der Waals surface area contributed by atoms with Crippen LogP contribution in [0.15, 0.2) is 11.5 Å². The van der Waals surface area contributed by atoms with Crippen LogP contribution in [-0.2, 0) is 19.1 Å². The van der Waals surface area contributed by atoms with E-state index in [9.17, 15) is 35.1 Å². The molecule has 1 heterocycles. The van der Waals surface area contributed by atoms with Crippen LogP contribution >= 0.6 is 0 Å². The van der Waals surface area contributed by atoms with E-state index in [2.05, 4.69) is 9.47 Å². The Labute approximate surface area is 134 Å². The Morgan fingerprint density at radius 3 is 2.29 bits per heavy atom. The largest absolute Gasteiger partial charge is 0.506 e. The van der Waals surface area contributed by atoms with Crippen LogP contribution in [0.2, 0.25) is 0 Å². The van der Waals surface area contributed by atoms with Gasteiger partial charge in [0, 0.05) is 0 Å². The van der Waals surface area contributed by atoms with Crippen molar-refractivity contribution in [1.29, 1.82) is 0 Å². The van der Waals surface area contributed by atoms with Gasteiger partial charge in [0.25, 0.3) is 0 Å². The first-order valence-corrected chi connectivity index (χ1v) is 6.62. The molecule has 6 atom stereocenters. The van der Waals surface area contributed by atoms with E-state index in [0.29, 0.717) is 0 Å². The Kier molecular flexibility index (Phi) is 6.89. The molecule has 0 aromatic rings. The number of aliphatic hydroxyl groups excluding tert-OH is 8. The van der Waals surface area contributed by atoms with Crippen molar-refractivity contribution < 1.29 is 59.9 Å². The van der Waals surface area contributed by atoms with Gasteiger partial charge in [0.1, 0.15) is 31.0 Å². The summed E-state index contributed by atoms with van der Waals surface area (Å²) >= 11 is 0. The lowest BCUT2D eigenvalue weighted by Crippen LogP contribution is -2.57. The van der Waals surface area contributed by atoms with Crippen molar-refractivity contribution in [2.24, 2.45) is 0 Å². The smallest absolute Gasteiger partial charge is 0.377 e. The molecule has 8 N–H and O–H groups in total. The Morgan fingerprint density at radius 1 is 1.17 bits per heavy atom. The topological polar surface area (TPSA) is 214 Å². The van der Waals surface area contributed by atoms with E-state index in [4.69, 9.17) is 15.3 Å². The Morgan fingerprint density at radius 2 is 1.75 bits per heavy atom. The highest BCUT2D eigenvalue weighted by atomic mass is 16.6. The third-order valence-corrected chi connectivity index (χ3v) is 3.21. The lowest BCUT2D eigenvalue weighted by molar-refractivity contribution is -0.209. The number of rotatable bonds is 6. The van der Waals surface area contributed by atoms with Gasteiger partial charge in [-0.1, -0.05) is 0 Å². The summed E-state index contributed by atoms with van der Waals surface area (Å²) in [6.45, 7) is -1.83. The molecule has 0 aliphatic carbocycles. The van der Waals surface area contributed by atoms with E-state index in [1.165, 1.54) is 0 Å². The minimum absolute atomic E-state index is 0.856. The lowest BCUT2D eigenvalue weighted by atomic mass is 10.0. The summed E-state index contributed by atoms with van der Waals surface area (Å²) in [6, 6.07) is 0. The maximum Gasteiger partial charge on any atom is 0.377 e. The SMILES string of the molecule is O=C(OC[C@H]1OC(=O)[C@H](O)[C@@H](O)[C@@H]1O)/C(O)=C(/O)[C@H](O)[C@@H](O)CO. The maximum atomic E-state index is 11.5. The van der Waals surface area contributed by atoms with Crippen LogP contribution in [0.5, 0.6) is 0 Å². The summed E-state index contributed by atoms with van der Waals surface area (Å²) in [7, 11) is 0. The molecular formula is C12H18O12. The van der Waals surface area contributed by atoms with Gasteiger partial charge in [-0.2, -0.15) is 0 Å². The average molecular weight is 354 g/mol. The van der Waals surface area contributed by atoms with Crippen molar-refractivity contribution in [3.63, 3.8) is 0 Å². The summed E-state index contributed by atoms with van der Waals surface area (Å²) in [5.74, 6) is -5.75. The Balaban J connectivity index is 2.70. The molecule has 0 bridgehead atoms. The van der Waals surface area contributed by atoms with Crippen molar-refractivity contribution in [1.82, 2.24) is 0 Å². The number of esters is 2. The van der Waals surface area contributed by atoms with E-state index in [-0.39, 0.29) is 0 Å². The van der Waals surface area contributed by atoms with Crippen molar-refractivity contribution in [2.75, 3.05) is 13.2 Å². The van der Waals surface area contributed by atoms with Gasteiger partial charge < -0.3 is 50.3 Å². The second-order valence-electron chi connectivity index (χ2n) is 4.93. The summed E-state index contributed by atoms with van der Waals surface area (Å²) in [4.78, 5) is 22.7. The zero-order valence-electron chi connectivity index (χ0n) is 12.1. The highest BCUT2D eigenvalue weighted by molar-refractivity contribution is 5.86. The zero-order valence-corrected chi connectivity index (χ0v) is 12.1. The first-order valence-electron chi connectivity index (χ1n) is 6.62. The number of ether oxygens (including phenoxy) is 2. The van der Waals surface area contributed by atoms with Crippen LogP contribution in [0.1, 0.15) is 0 Å². The van der Waals surface area contributed by atoms with Gasteiger partial charge in [0.15, 0.2) is 18.0 Å². The molecule has 0 amide bonds. The molecule has 12 heteroatoms. The molecule has 1 aliphatic heterocycles. The van der Waals surface area contributed by atoms with Crippen molar-refractivity contribution in [3.8, 4) is 0 Å². The molecule has 0 unspecified atom stereocenters. The fourth-order valence-electron chi connectivity index (χ4n) is 1.72. The number of aliphatic hydroxyl groups is 8. The van der Waals surface area contributed by atoms with E-state index in [1.807, 2.05) is 0 Å². The lowest BCUT2D eigenvalue weighted by Gasteiger charge is -2.33. The highest BCUT2D eigenvalue weighted by Gasteiger charge is 2.44. The van der Waals surface area contributed by atoms with Gasteiger partial charge in [-0.05, 0) is 0 Å². The Bertz CT molecular complexity index is 502. The second kappa shape index (κ2) is 8.23. The quantitative estimate of drug-likeness (QED) is 0.129. The van der Waals surface area contributed by atoms with Gasteiger partial charge in [-0.15, -0.1) is 0 Å². The molecule has 12 nitrogen and oxygen atoms in total. The number of carbonyl (C=O) groups is 2. The minimum Gasteiger partial charge on any atom is -0.506 e. The molecule has 1 aliphatic rings. The van der Waals surface area contributed by atoms with Crippen LogP contribution in [0, 0.1) is 0 Å². The molecule has 138 valence electrons. The number of hydrogen-bond acceptors (Lipinski definition) is 12. The van der Waals surface area contributed by atoms with Crippen LogP contribution in [-0.4, -0.2) is 103 Å². The van der Waals surface area contributed by atoms with Gasteiger partial charge in [0.05, 0.1) is 6.61 Å². The van der Waals surface area contributed by atoms with E-state index in [1.54, 1.807) is 0 Å². The molecule has 0 saturated carbocycles. The van der Waals surface area contributed by atoms with Crippen molar-refractivity contribution in [3.05, 3.63) is 11.5 Å². The number of hydrogen-bond donors (Lipinski definition) is 8. The monoisotopic (exact) mass is 354 g/mol. The van der Waals surface area contributed by atoms with Crippen molar-refractivity contribution in [2.45, 2.75) is 36.6 Å². The first kappa shape index (κ1) is 20.1. The van der Waals surface area contributed by atoms with Crippen molar-refractivity contribution >= 4 is 11.9 Å². The van der Waals surface area contributed by atoms with E-state index >= 15 is 0 Å². The van der Waals surface area contributed by atoms with E-state index < -0.39 is 73.3 Å². The average Bonchev–Trinajstić information content (AvgIpc) is 2.58. The maximum absolute atomic E-state index is 11.5. The molecule has 0 spiro atoms. The summed E-state index contributed by atoms with van der Waals surface area (Å²) < 4.78 is 8.95. The normalized spacial score (nSPS) is 30.8. The predicted octanol–water partition coefficient (Wildman–Crippen LogP) is -4.42. The fourth-order valence-corrected chi connectivity index (χ4v) is 1.72. The molecule has 24 heavy (non-hydrogen) atoms. The minimum atomic E-state index is -2.17. The third kappa shape index (κ3) is 4.31.